The van der Waals surface area contributed by atoms with Gasteiger partial charge in [-0.1, -0.05) is 12.1 Å². The fourth-order valence-corrected chi connectivity index (χ4v) is 1.90. The van der Waals surface area contributed by atoms with Crippen LogP contribution in [0.4, 0.5) is 0 Å². The second-order valence-corrected chi connectivity index (χ2v) is 5.89. The molecule has 1 aromatic carbocycles. The molecule has 0 amide bonds. The van der Waals surface area contributed by atoms with E-state index in [-0.39, 0.29) is 10.5 Å². The summed E-state index contributed by atoms with van der Waals surface area (Å²) in [4.78, 5) is 10.6. The second-order valence-electron chi connectivity index (χ2n) is 3.87. The van der Waals surface area contributed by atoms with E-state index < -0.39 is 27.6 Å². The lowest BCUT2D eigenvalue weighted by Crippen LogP contribution is -2.52. The van der Waals surface area contributed by atoms with Crippen molar-refractivity contribution >= 4 is 15.8 Å². The van der Waals surface area contributed by atoms with Crippen LogP contribution in [0.15, 0.2) is 29.2 Å². The van der Waals surface area contributed by atoms with Crippen molar-refractivity contribution < 1.29 is 28.5 Å². The number of benzene rings is 1. The number of aliphatic hydroxyl groups excluding tert-OH is 1. The largest absolute Gasteiger partial charge is 0.478 e. The van der Waals surface area contributed by atoms with Crippen LogP contribution in [-0.4, -0.2) is 41.7 Å². The molecule has 0 heterocycles. The van der Waals surface area contributed by atoms with Gasteiger partial charge in [-0.25, -0.2) is 13.2 Å². The van der Waals surface area contributed by atoms with E-state index in [1.54, 1.807) is 0 Å². The highest BCUT2D eigenvalue weighted by molar-refractivity contribution is 7.90. The normalized spacial score (nSPS) is 16.9. The van der Waals surface area contributed by atoms with Gasteiger partial charge >= 0.3 is 5.97 Å². The first-order chi connectivity index (χ1) is 8.06. The molecule has 1 rings (SSSR count). The van der Waals surface area contributed by atoms with Crippen LogP contribution >= 0.6 is 0 Å². The Morgan fingerprint density at radius 1 is 1.33 bits per heavy atom. The van der Waals surface area contributed by atoms with Crippen LogP contribution < -0.4 is 5.73 Å². The predicted octanol–water partition coefficient (Wildman–Crippen LogP) is -1.14. The van der Waals surface area contributed by atoms with Crippen molar-refractivity contribution in [3.63, 3.8) is 0 Å². The lowest BCUT2D eigenvalue weighted by atomic mass is 10.00. The Labute approximate surface area is 103 Å². The quantitative estimate of drug-likeness (QED) is 0.509. The smallest absolute Gasteiger partial charge is 0.354 e. The number of sulfone groups is 1. The van der Waals surface area contributed by atoms with E-state index in [0.29, 0.717) is 0 Å². The van der Waals surface area contributed by atoms with Crippen molar-refractivity contribution in [3.05, 3.63) is 29.8 Å². The van der Waals surface area contributed by atoms with Crippen molar-refractivity contribution in [3.8, 4) is 0 Å². The van der Waals surface area contributed by atoms with Gasteiger partial charge in [0.05, 0.1) is 4.90 Å². The zero-order valence-electron chi connectivity index (χ0n) is 9.44. The maximum absolute atomic E-state index is 11.2. The number of carboxylic acid groups (broad SMARTS) is 1. The minimum absolute atomic E-state index is 0.00481. The number of rotatable bonds is 4. The van der Waals surface area contributed by atoms with Gasteiger partial charge in [-0.2, -0.15) is 0 Å². The van der Waals surface area contributed by atoms with Crippen LogP contribution in [0, 0.1) is 0 Å². The molecule has 0 fully saturated rings. The van der Waals surface area contributed by atoms with Gasteiger partial charge in [-0.3, -0.25) is 5.73 Å². The lowest BCUT2D eigenvalue weighted by Gasteiger charge is -2.24. The Hall–Kier alpha value is -1.48. The summed E-state index contributed by atoms with van der Waals surface area (Å²) in [5.41, 5.74) is 2.20. The van der Waals surface area contributed by atoms with Crippen molar-refractivity contribution in [2.75, 3.05) is 6.26 Å². The molecule has 0 bridgehead atoms. The van der Waals surface area contributed by atoms with E-state index in [1.807, 2.05) is 0 Å². The first kappa shape index (κ1) is 14.6. The summed E-state index contributed by atoms with van der Waals surface area (Å²) in [5.74, 6) is -1.79. The molecule has 0 aliphatic heterocycles. The zero-order chi connectivity index (χ0) is 14.1. The Balaban J connectivity index is 3.10. The van der Waals surface area contributed by atoms with Gasteiger partial charge in [0, 0.05) is 6.26 Å². The van der Waals surface area contributed by atoms with Crippen LogP contribution in [0.25, 0.3) is 0 Å². The molecule has 18 heavy (non-hydrogen) atoms. The Kier molecular flexibility index (Phi) is 3.77. The molecule has 0 spiro atoms. The average molecular weight is 275 g/mol. The van der Waals surface area contributed by atoms with Crippen molar-refractivity contribution in [2.24, 2.45) is 5.73 Å². The van der Waals surface area contributed by atoms with Crippen LogP contribution in [0.1, 0.15) is 11.7 Å². The standard InChI is InChI=1S/C10H13NO6S/c1-18(16,17)7-4-2-6(3-5-7)8(12)10(11,15)9(13)14/h2-5,8,12,15H,11H2,1H3,(H,13,14)/t8-,10-/m0/s1. The van der Waals surface area contributed by atoms with Gasteiger partial charge in [0.1, 0.15) is 6.10 Å². The molecule has 2 atom stereocenters. The van der Waals surface area contributed by atoms with E-state index in [4.69, 9.17) is 10.8 Å². The van der Waals surface area contributed by atoms with Gasteiger partial charge in [0.15, 0.2) is 9.84 Å². The van der Waals surface area contributed by atoms with Gasteiger partial charge in [0.2, 0.25) is 5.72 Å². The third kappa shape index (κ3) is 2.85. The number of carboxylic acids is 1. The molecule has 5 N–H and O–H groups in total. The van der Waals surface area contributed by atoms with Crippen molar-refractivity contribution in [1.82, 2.24) is 0 Å². The van der Waals surface area contributed by atoms with E-state index in [9.17, 15) is 23.4 Å². The maximum Gasteiger partial charge on any atom is 0.354 e. The number of nitrogens with two attached hydrogens (primary N) is 1. The summed E-state index contributed by atoms with van der Waals surface area (Å²) in [6.45, 7) is 0. The predicted molar refractivity (Wildman–Crippen MR) is 61.3 cm³/mol. The minimum atomic E-state index is -3.39. The number of aliphatic hydroxyl groups is 2. The number of aliphatic carboxylic acids is 1. The van der Waals surface area contributed by atoms with E-state index >= 15 is 0 Å². The molecule has 0 saturated carbocycles. The molecule has 0 unspecified atom stereocenters. The lowest BCUT2D eigenvalue weighted by molar-refractivity contribution is -0.171. The summed E-state index contributed by atoms with van der Waals surface area (Å²) in [7, 11) is -3.39. The fraction of sp³-hybridized carbons (Fsp3) is 0.300. The molecule has 1 aromatic rings. The SMILES string of the molecule is CS(=O)(=O)c1ccc([C@H](O)[C@](N)(O)C(=O)O)cc1. The zero-order valence-corrected chi connectivity index (χ0v) is 10.3. The Morgan fingerprint density at radius 2 is 1.78 bits per heavy atom. The summed E-state index contributed by atoms with van der Waals surface area (Å²) in [5, 5.41) is 27.6. The number of hydrogen-bond donors (Lipinski definition) is 4. The molecular weight excluding hydrogens is 262 g/mol. The average Bonchev–Trinajstić information content (AvgIpc) is 2.26. The molecule has 7 nitrogen and oxygen atoms in total. The summed E-state index contributed by atoms with van der Waals surface area (Å²) in [6.07, 6.45) is -0.863. The number of hydrogen-bond acceptors (Lipinski definition) is 6. The van der Waals surface area contributed by atoms with E-state index in [2.05, 4.69) is 0 Å². The second kappa shape index (κ2) is 4.65. The van der Waals surface area contributed by atoms with E-state index in [1.165, 1.54) is 24.3 Å². The highest BCUT2D eigenvalue weighted by Gasteiger charge is 2.40. The summed E-state index contributed by atoms with van der Waals surface area (Å²) in [6, 6.07) is 4.74. The van der Waals surface area contributed by atoms with Gasteiger partial charge in [-0.15, -0.1) is 0 Å². The first-order valence-electron chi connectivity index (χ1n) is 4.79. The van der Waals surface area contributed by atoms with Crippen LogP contribution in [0.5, 0.6) is 0 Å². The van der Waals surface area contributed by atoms with Crippen LogP contribution in [-0.2, 0) is 14.6 Å². The third-order valence-electron chi connectivity index (χ3n) is 2.38. The molecule has 0 aromatic heterocycles. The van der Waals surface area contributed by atoms with Crippen molar-refractivity contribution in [1.29, 1.82) is 0 Å². The van der Waals surface area contributed by atoms with Crippen molar-refractivity contribution in [2.45, 2.75) is 16.7 Å². The fourth-order valence-electron chi connectivity index (χ4n) is 1.27. The van der Waals surface area contributed by atoms with Crippen LogP contribution in [0.3, 0.4) is 0 Å². The molecule has 0 aliphatic carbocycles. The monoisotopic (exact) mass is 275 g/mol. The highest BCUT2D eigenvalue weighted by atomic mass is 32.2. The maximum atomic E-state index is 11.2. The van der Waals surface area contributed by atoms with Gasteiger partial charge < -0.3 is 15.3 Å². The molecule has 100 valence electrons. The molecule has 0 saturated heterocycles. The number of carbonyl (C=O) groups is 1. The Morgan fingerprint density at radius 3 is 2.11 bits per heavy atom. The topological polar surface area (TPSA) is 138 Å². The van der Waals surface area contributed by atoms with E-state index in [0.717, 1.165) is 6.26 Å². The molecule has 0 aliphatic rings. The summed E-state index contributed by atoms with van der Waals surface area (Å²) < 4.78 is 22.4. The van der Waals surface area contributed by atoms with Crippen LogP contribution in [0.2, 0.25) is 0 Å². The summed E-state index contributed by atoms with van der Waals surface area (Å²) >= 11 is 0. The first-order valence-corrected chi connectivity index (χ1v) is 6.68. The van der Waals surface area contributed by atoms with Gasteiger partial charge in [0.25, 0.3) is 0 Å². The third-order valence-corrected chi connectivity index (χ3v) is 3.51. The van der Waals surface area contributed by atoms with Gasteiger partial charge in [-0.05, 0) is 17.7 Å². The molecule has 8 heteroatoms. The molecular formula is C10H13NO6S. The Bertz CT molecular complexity index is 548. The highest BCUT2D eigenvalue weighted by Crippen LogP contribution is 2.23. The molecule has 0 radical (unpaired) electrons. The minimum Gasteiger partial charge on any atom is -0.478 e.